The van der Waals surface area contributed by atoms with E-state index in [-0.39, 0.29) is 11.9 Å². The molecule has 0 aliphatic heterocycles. The van der Waals surface area contributed by atoms with Crippen molar-refractivity contribution in [3.05, 3.63) is 40.3 Å². The Morgan fingerprint density at radius 1 is 1.19 bits per heavy atom. The van der Waals surface area contributed by atoms with E-state index in [1.807, 2.05) is 5.38 Å². The Hall–Kier alpha value is -2.08. The van der Waals surface area contributed by atoms with E-state index in [1.54, 1.807) is 30.8 Å². The number of carbonyl (C=O) groups excluding carboxylic acids is 1. The third-order valence-corrected chi connectivity index (χ3v) is 5.36. The molecular weight excluding hydrogens is 348 g/mol. The molecule has 1 aliphatic rings. The molecule has 1 aromatic carbocycles. The van der Waals surface area contributed by atoms with Crippen molar-refractivity contribution < 1.29 is 14.3 Å². The van der Waals surface area contributed by atoms with Gasteiger partial charge in [0.1, 0.15) is 6.61 Å². The third kappa shape index (κ3) is 5.21. The van der Waals surface area contributed by atoms with Gasteiger partial charge in [-0.25, -0.2) is 4.98 Å². The fourth-order valence-electron chi connectivity index (χ4n) is 3.26. The van der Waals surface area contributed by atoms with Gasteiger partial charge in [-0.2, -0.15) is 0 Å². The molecule has 140 valence electrons. The van der Waals surface area contributed by atoms with Crippen LogP contribution >= 0.6 is 11.3 Å². The van der Waals surface area contributed by atoms with Gasteiger partial charge in [-0.3, -0.25) is 4.79 Å². The average Bonchev–Trinajstić information content (AvgIpc) is 3.15. The molecule has 0 atom stereocenters. The van der Waals surface area contributed by atoms with Crippen molar-refractivity contribution in [3.63, 3.8) is 0 Å². The summed E-state index contributed by atoms with van der Waals surface area (Å²) in [7, 11) is 1.58. The third-order valence-electron chi connectivity index (χ3n) is 4.73. The van der Waals surface area contributed by atoms with E-state index in [9.17, 15) is 4.79 Å². The number of ether oxygens (including phenoxy) is 2. The van der Waals surface area contributed by atoms with Gasteiger partial charge < -0.3 is 14.8 Å². The van der Waals surface area contributed by atoms with E-state index in [0.717, 1.165) is 18.5 Å². The summed E-state index contributed by atoms with van der Waals surface area (Å²) in [6.07, 6.45) is 8.38. The second-order valence-electron chi connectivity index (χ2n) is 6.65. The van der Waals surface area contributed by atoms with Crippen LogP contribution < -0.4 is 14.8 Å². The van der Waals surface area contributed by atoms with Crippen LogP contribution in [-0.4, -0.2) is 24.0 Å². The van der Waals surface area contributed by atoms with Crippen LogP contribution in [0.1, 0.15) is 61.0 Å². The van der Waals surface area contributed by atoms with Crippen molar-refractivity contribution in [3.8, 4) is 11.5 Å². The molecule has 0 bridgehead atoms. The lowest BCUT2D eigenvalue weighted by atomic mass is 9.96. The first-order chi connectivity index (χ1) is 12.8. The lowest BCUT2D eigenvalue weighted by Crippen LogP contribution is -2.35. The zero-order valence-corrected chi connectivity index (χ0v) is 16.0. The van der Waals surface area contributed by atoms with Crippen LogP contribution in [0, 0.1) is 0 Å². The van der Waals surface area contributed by atoms with Gasteiger partial charge in [0.2, 0.25) is 0 Å². The Morgan fingerprint density at radius 2 is 1.96 bits per heavy atom. The van der Waals surface area contributed by atoms with Gasteiger partial charge in [0.05, 0.1) is 18.3 Å². The summed E-state index contributed by atoms with van der Waals surface area (Å²) < 4.78 is 11.2. The molecule has 1 heterocycles. The minimum absolute atomic E-state index is 0.0417. The van der Waals surface area contributed by atoms with Gasteiger partial charge in [-0.1, -0.05) is 32.1 Å². The predicted octanol–water partition coefficient (Wildman–Crippen LogP) is 4.57. The quantitative estimate of drug-likeness (QED) is 0.804. The Morgan fingerprint density at radius 3 is 2.65 bits per heavy atom. The monoisotopic (exact) mass is 374 g/mol. The highest BCUT2D eigenvalue weighted by Crippen LogP contribution is 2.29. The molecule has 0 unspecified atom stereocenters. The first kappa shape index (κ1) is 18.7. The summed E-state index contributed by atoms with van der Waals surface area (Å²) in [5.74, 6) is 1.13. The summed E-state index contributed by atoms with van der Waals surface area (Å²) in [6, 6.07) is 5.60. The molecule has 0 saturated heterocycles. The van der Waals surface area contributed by atoms with Crippen LogP contribution in [0.4, 0.5) is 0 Å². The molecular formula is C20H26N2O3S. The highest BCUT2D eigenvalue weighted by atomic mass is 32.1. The molecule has 1 saturated carbocycles. The van der Waals surface area contributed by atoms with Crippen LogP contribution in [0.25, 0.3) is 0 Å². The van der Waals surface area contributed by atoms with E-state index in [4.69, 9.17) is 9.47 Å². The second kappa shape index (κ2) is 9.57. The maximum Gasteiger partial charge on any atom is 0.251 e. The SMILES string of the molecule is COc1cc(C(=O)NC2CCCCCCC2)ccc1OCc1cscn1. The van der Waals surface area contributed by atoms with E-state index in [1.165, 1.54) is 43.4 Å². The van der Waals surface area contributed by atoms with Crippen LogP contribution in [0.15, 0.2) is 29.1 Å². The summed E-state index contributed by atoms with van der Waals surface area (Å²) >= 11 is 1.53. The fourth-order valence-corrected chi connectivity index (χ4v) is 3.80. The molecule has 0 radical (unpaired) electrons. The number of benzene rings is 1. The number of aromatic nitrogens is 1. The summed E-state index contributed by atoms with van der Waals surface area (Å²) in [5, 5.41) is 5.13. The van der Waals surface area contributed by atoms with Crippen molar-refractivity contribution >= 4 is 17.2 Å². The molecule has 1 N–H and O–H groups in total. The maximum absolute atomic E-state index is 12.6. The van der Waals surface area contributed by atoms with Crippen LogP contribution in [0.5, 0.6) is 11.5 Å². The molecule has 0 spiro atoms. The summed E-state index contributed by atoms with van der Waals surface area (Å²) in [6.45, 7) is 0.382. The van der Waals surface area contributed by atoms with Gasteiger partial charge >= 0.3 is 0 Å². The number of methoxy groups -OCH3 is 1. The highest BCUT2D eigenvalue weighted by molar-refractivity contribution is 7.07. The molecule has 1 aliphatic carbocycles. The largest absolute Gasteiger partial charge is 0.493 e. The average molecular weight is 375 g/mol. The van der Waals surface area contributed by atoms with E-state index < -0.39 is 0 Å². The summed E-state index contributed by atoms with van der Waals surface area (Å²) in [5.41, 5.74) is 3.26. The summed E-state index contributed by atoms with van der Waals surface area (Å²) in [4.78, 5) is 16.8. The van der Waals surface area contributed by atoms with Gasteiger partial charge in [-0.05, 0) is 31.0 Å². The van der Waals surface area contributed by atoms with Crippen molar-refractivity contribution in [1.82, 2.24) is 10.3 Å². The van der Waals surface area contributed by atoms with Gasteiger partial charge in [-0.15, -0.1) is 11.3 Å². The molecule has 26 heavy (non-hydrogen) atoms. The molecule has 1 fully saturated rings. The first-order valence-corrected chi connectivity index (χ1v) is 10.2. The number of carbonyl (C=O) groups is 1. The lowest BCUT2D eigenvalue weighted by Gasteiger charge is -2.21. The number of amides is 1. The molecule has 5 nitrogen and oxygen atoms in total. The normalized spacial score (nSPS) is 15.7. The van der Waals surface area contributed by atoms with Gasteiger partial charge in [0.25, 0.3) is 5.91 Å². The molecule has 1 amide bonds. The van der Waals surface area contributed by atoms with E-state index >= 15 is 0 Å². The van der Waals surface area contributed by atoms with E-state index in [0.29, 0.717) is 23.7 Å². The van der Waals surface area contributed by atoms with Crippen molar-refractivity contribution in [2.24, 2.45) is 0 Å². The van der Waals surface area contributed by atoms with Crippen molar-refractivity contribution in [1.29, 1.82) is 0 Å². The van der Waals surface area contributed by atoms with Crippen molar-refractivity contribution in [2.45, 2.75) is 57.6 Å². The van der Waals surface area contributed by atoms with Crippen LogP contribution in [-0.2, 0) is 6.61 Å². The minimum Gasteiger partial charge on any atom is -0.493 e. The van der Waals surface area contributed by atoms with E-state index in [2.05, 4.69) is 10.3 Å². The number of hydrogen-bond donors (Lipinski definition) is 1. The minimum atomic E-state index is -0.0417. The molecule has 6 heteroatoms. The highest BCUT2D eigenvalue weighted by Gasteiger charge is 2.17. The van der Waals surface area contributed by atoms with Crippen LogP contribution in [0.2, 0.25) is 0 Å². The smallest absolute Gasteiger partial charge is 0.251 e. The molecule has 3 rings (SSSR count). The number of rotatable bonds is 6. The Bertz CT molecular complexity index is 695. The molecule has 2 aromatic rings. The predicted molar refractivity (Wildman–Crippen MR) is 103 cm³/mol. The number of hydrogen-bond acceptors (Lipinski definition) is 5. The van der Waals surface area contributed by atoms with Gasteiger partial charge in [0, 0.05) is 17.0 Å². The number of nitrogens with zero attached hydrogens (tertiary/aromatic N) is 1. The lowest BCUT2D eigenvalue weighted by molar-refractivity contribution is 0.0930. The Labute approximate surface area is 158 Å². The Balaban J connectivity index is 1.62. The fraction of sp³-hybridized carbons (Fsp3) is 0.500. The molecule has 1 aromatic heterocycles. The second-order valence-corrected chi connectivity index (χ2v) is 7.37. The number of thiazole rings is 1. The van der Waals surface area contributed by atoms with Crippen LogP contribution in [0.3, 0.4) is 0 Å². The maximum atomic E-state index is 12.6. The Kier molecular flexibility index (Phi) is 6.89. The topological polar surface area (TPSA) is 60.5 Å². The van der Waals surface area contributed by atoms with Crippen molar-refractivity contribution in [2.75, 3.05) is 7.11 Å². The zero-order chi connectivity index (χ0) is 18.2. The standard InChI is InChI=1S/C20H26N2O3S/c1-24-19-11-15(9-10-18(19)25-12-17-13-26-14-21-17)20(23)22-16-7-5-3-2-4-6-8-16/h9-11,13-14,16H,2-8,12H2,1H3,(H,22,23). The number of nitrogens with one attached hydrogen (secondary N) is 1. The first-order valence-electron chi connectivity index (χ1n) is 9.25. The zero-order valence-electron chi connectivity index (χ0n) is 15.2. The van der Waals surface area contributed by atoms with Gasteiger partial charge in [0.15, 0.2) is 11.5 Å².